The van der Waals surface area contributed by atoms with E-state index in [1.54, 1.807) is 0 Å². The normalized spacial score (nSPS) is 10.7. The van der Waals surface area contributed by atoms with Gasteiger partial charge in [0.2, 0.25) is 11.1 Å². The van der Waals surface area contributed by atoms with Crippen molar-refractivity contribution in [3.05, 3.63) is 90.0 Å². The van der Waals surface area contributed by atoms with Gasteiger partial charge in [0.25, 0.3) is 0 Å². The number of rotatable bonds is 7. The highest BCUT2D eigenvalue weighted by atomic mass is 32.2. The molecule has 1 aromatic heterocycles. The molecule has 5 nitrogen and oxygen atoms in total. The zero-order chi connectivity index (χ0) is 22.3. The van der Waals surface area contributed by atoms with Gasteiger partial charge in [-0.05, 0) is 24.5 Å². The van der Waals surface area contributed by atoms with Crippen LogP contribution in [0, 0.1) is 6.92 Å². The molecule has 4 aromatic rings. The molecule has 0 atom stereocenters. The van der Waals surface area contributed by atoms with Crippen LogP contribution in [0.15, 0.2) is 84.0 Å². The molecule has 0 aliphatic rings. The van der Waals surface area contributed by atoms with Crippen molar-refractivity contribution in [1.82, 2.24) is 15.2 Å². The van der Waals surface area contributed by atoms with E-state index in [1.807, 2.05) is 85.8 Å². The van der Waals surface area contributed by atoms with Crippen molar-refractivity contribution >= 4 is 23.4 Å². The molecular formula is C26H24N4OS. The second-order valence-electron chi connectivity index (χ2n) is 7.32. The smallest absolute Gasteiger partial charge is 0.234 e. The number of nitrogens with one attached hydrogen (secondary N) is 1. The summed E-state index contributed by atoms with van der Waals surface area (Å²) in [5, 5.41) is 12.3. The second-order valence-corrected chi connectivity index (χ2v) is 8.27. The molecule has 160 valence electrons. The van der Waals surface area contributed by atoms with Gasteiger partial charge in [0.1, 0.15) is 11.4 Å². The number of benzene rings is 3. The molecule has 0 aliphatic heterocycles. The first-order valence-electron chi connectivity index (χ1n) is 10.5. The number of amides is 1. The minimum absolute atomic E-state index is 0.0870. The molecule has 1 heterocycles. The fourth-order valence-electron chi connectivity index (χ4n) is 3.47. The zero-order valence-electron chi connectivity index (χ0n) is 18.1. The Labute approximate surface area is 192 Å². The summed E-state index contributed by atoms with van der Waals surface area (Å²) in [5.41, 5.74) is 6.45. The maximum absolute atomic E-state index is 12.6. The van der Waals surface area contributed by atoms with Crippen molar-refractivity contribution < 1.29 is 4.79 Å². The maximum Gasteiger partial charge on any atom is 0.234 e. The molecule has 32 heavy (non-hydrogen) atoms. The number of thioether (sulfide) groups is 1. The number of hydrogen-bond acceptors (Lipinski definition) is 5. The van der Waals surface area contributed by atoms with Gasteiger partial charge in [-0.3, -0.25) is 4.79 Å². The van der Waals surface area contributed by atoms with Crippen LogP contribution in [0.3, 0.4) is 0 Å². The Morgan fingerprint density at radius 3 is 2.16 bits per heavy atom. The molecule has 0 unspecified atom stereocenters. The number of carbonyl (C=O) groups excluding carboxylic acids is 1. The standard InChI is InChI=1S/C26H24N4OS/c1-3-19-16-10-11-18(2)23(19)27-22(31)17-32-26-28-24(20-12-6-4-7-13-20)25(29-30-26)21-14-8-5-9-15-21/h4-16H,3,17H2,1-2H3,(H,27,31). The average molecular weight is 441 g/mol. The number of para-hydroxylation sites is 1. The van der Waals surface area contributed by atoms with Gasteiger partial charge < -0.3 is 5.32 Å². The van der Waals surface area contributed by atoms with Gasteiger partial charge in [0.15, 0.2) is 0 Å². The third-order valence-electron chi connectivity index (χ3n) is 5.10. The van der Waals surface area contributed by atoms with Gasteiger partial charge in [-0.2, -0.15) is 0 Å². The molecule has 0 spiro atoms. The monoisotopic (exact) mass is 440 g/mol. The molecule has 3 aromatic carbocycles. The molecule has 0 saturated heterocycles. The van der Waals surface area contributed by atoms with E-state index in [9.17, 15) is 4.79 Å². The van der Waals surface area contributed by atoms with Gasteiger partial charge in [-0.15, -0.1) is 10.2 Å². The van der Waals surface area contributed by atoms with E-state index in [0.717, 1.165) is 45.7 Å². The Morgan fingerprint density at radius 2 is 1.50 bits per heavy atom. The van der Waals surface area contributed by atoms with Crippen LogP contribution in [0.5, 0.6) is 0 Å². The molecular weight excluding hydrogens is 416 g/mol. The molecule has 0 aliphatic carbocycles. The number of aromatic nitrogens is 3. The van der Waals surface area contributed by atoms with Gasteiger partial charge in [-0.1, -0.05) is 97.5 Å². The van der Waals surface area contributed by atoms with Crippen molar-refractivity contribution in [2.24, 2.45) is 0 Å². The lowest BCUT2D eigenvalue weighted by Gasteiger charge is -2.13. The SMILES string of the molecule is CCc1cccc(C)c1NC(=O)CSc1nnc(-c2ccccc2)c(-c2ccccc2)n1. The van der Waals surface area contributed by atoms with E-state index in [0.29, 0.717) is 5.16 Å². The molecule has 0 bridgehead atoms. The summed E-state index contributed by atoms with van der Waals surface area (Å²) in [6.45, 7) is 4.08. The highest BCUT2D eigenvalue weighted by Gasteiger charge is 2.15. The molecule has 1 amide bonds. The number of aryl methyl sites for hydroxylation is 2. The largest absolute Gasteiger partial charge is 0.325 e. The lowest BCUT2D eigenvalue weighted by Crippen LogP contribution is -2.16. The van der Waals surface area contributed by atoms with Crippen LogP contribution in [-0.2, 0) is 11.2 Å². The number of anilines is 1. The van der Waals surface area contributed by atoms with Gasteiger partial charge in [0, 0.05) is 16.8 Å². The third kappa shape index (κ3) is 5.03. The zero-order valence-corrected chi connectivity index (χ0v) is 18.9. The van der Waals surface area contributed by atoms with Crippen LogP contribution in [0.2, 0.25) is 0 Å². The first-order valence-corrected chi connectivity index (χ1v) is 11.5. The Kier molecular flexibility index (Phi) is 6.92. The number of carbonyl (C=O) groups is 1. The summed E-state index contributed by atoms with van der Waals surface area (Å²) in [5.74, 6) is 0.119. The van der Waals surface area contributed by atoms with Crippen LogP contribution in [-0.4, -0.2) is 26.8 Å². The summed E-state index contributed by atoms with van der Waals surface area (Å²) in [7, 11) is 0. The molecule has 4 rings (SSSR count). The number of hydrogen-bond donors (Lipinski definition) is 1. The van der Waals surface area contributed by atoms with Gasteiger partial charge in [-0.25, -0.2) is 4.98 Å². The lowest BCUT2D eigenvalue weighted by atomic mass is 10.0. The van der Waals surface area contributed by atoms with Gasteiger partial charge in [0.05, 0.1) is 5.75 Å². The van der Waals surface area contributed by atoms with Crippen molar-refractivity contribution in [3.63, 3.8) is 0 Å². The quantitative estimate of drug-likeness (QED) is 0.368. The Hall–Kier alpha value is -3.51. The first-order chi connectivity index (χ1) is 15.7. The molecule has 0 fully saturated rings. The predicted octanol–water partition coefficient (Wildman–Crippen LogP) is 5.81. The summed E-state index contributed by atoms with van der Waals surface area (Å²) >= 11 is 1.28. The summed E-state index contributed by atoms with van der Waals surface area (Å²) < 4.78 is 0. The second kappa shape index (κ2) is 10.2. The van der Waals surface area contributed by atoms with E-state index in [-0.39, 0.29) is 11.7 Å². The van der Waals surface area contributed by atoms with Crippen molar-refractivity contribution in [2.75, 3.05) is 11.1 Å². The molecule has 1 N–H and O–H groups in total. The van der Waals surface area contributed by atoms with Crippen LogP contribution in [0.25, 0.3) is 22.5 Å². The maximum atomic E-state index is 12.6. The third-order valence-corrected chi connectivity index (χ3v) is 5.94. The van der Waals surface area contributed by atoms with E-state index in [2.05, 4.69) is 22.4 Å². The van der Waals surface area contributed by atoms with Crippen LogP contribution in [0.1, 0.15) is 18.1 Å². The van der Waals surface area contributed by atoms with E-state index >= 15 is 0 Å². The minimum Gasteiger partial charge on any atom is -0.325 e. The first kappa shape index (κ1) is 21.7. The number of nitrogens with zero attached hydrogens (tertiary/aromatic N) is 3. The van der Waals surface area contributed by atoms with E-state index < -0.39 is 0 Å². The van der Waals surface area contributed by atoms with Crippen LogP contribution in [0.4, 0.5) is 5.69 Å². The Morgan fingerprint density at radius 1 is 0.844 bits per heavy atom. The summed E-state index contributed by atoms with van der Waals surface area (Å²) in [6, 6.07) is 25.9. The predicted molar refractivity (Wildman–Crippen MR) is 131 cm³/mol. The van der Waals surface area contributed by atoms with Crippen molar-refractivity contribution in [1.29, 1.82) is 0 Å². The molecule has 6 heteroatoms. The van der Waals surface area contributed by atoms with Crippen LogP contribution < -0.4 is 5.32 Å². The molecule has 0 radical (unpaired) electrons. The Balaban J connectivity index is 1.55. The van der Waals surface area contributed by atoms with E-state index in [4.69, 9.17) is 4.98 Å². The fraction of sp³-hybridized carbons (Fsp3) is 0.154. The average Bonchev–Trinajstić information content (AvgIpc) is 2.85. The van der Waals surface area contributed by atoms with E-state index in [1.165, 1.54) is 11.8 Å². The van der Waals surface area contributed by atoms with Crippen LogP contribution >= 0.6 is 11.8 Å². The van der Waals surface area contributed by atoms with Crippen molar-refractivity contribution in [3.8, 4) is 22.5 Å². The summed E-state index contributed by atoms with van der Waals surface area (Å²) in [4.78, 5) is 17.4. The Bertz CT molecular complexity index is 1210. The lowest BCUT2D eigenvalue weighted by molar-refractivity contribution is -0.113. The topological polar surface area (TPSA) is 67.8 Å². The summed E-state index contributed by atoms with van der Waals surface area (Å²) in [6.07, 6.45) is 0.860. The van der Waals surface area contributed by atoms with Crippen molar-refractivity contribution in [2.45, 2.75) is 25.4 Å². The highest BCUT2D eigenvalue weighted by molar-refractivity contribution is 7.99. The van der Waals surface area contributed by atoms with Gasteiger partial charge >= 0.3 is 0 Å². The highest BCUT2D eigenvalue weighted by Crippen LogP contribution is 2.29. The molecule has 0 saturated carbocycles. The fourth-order valence-corrected chi connectivity index (χ4v) is 4.05. The minimum atomic E-state index is -0.0870.